The van der Waals surface area contributed by atoms with Crippen LogP contribution in [-0.2, 0) is 0 Å². The standard InChI is InChI=1S/C14H20BrFN2/c15-11-7-8-13(16)12(9-11)14(18-17)10-5-3-1-2-4-6-10/h7-10,14,18H,1-6,17H2. The van der Waals surface area contributed by atoms with Gasteiger partial charge in [0, 0.05) is 10.0 Å². The number of nitrogens with two attached hydrogens (primary N) is 1. The predicted octanol–water partition coefficient (Wildman–Crippen LogP) is 4.06. The van der Waals surface area contributed by atoms with Crippen molar-refractivity contribution in [1.82, 2.24) is 5.43 Å². The summed E-state index contributed by atoms with van der Waals surface area (Å²) in [4.78, 5) is 0. The lowest BCUT2D eigenvalue weighted by atomic mass is 9.87. The average molecular weight is 315 g/mol. The van der Waals surface area contributed by atoms with Gasteiger partial charge in [-0.05, 0) is 37.0 Å². The molecule has 0 bridgehead atoms. The van der Waals surface area contributed by atoms with E-state index >= 15 is 0 Å². The van der Waals surface area contributed by atoms with Gasteiger partial charge in [-0.2, -0.15) is 0 Å². The summed E-state index contributed by atoms with van der Waals surface area (Å²) in [5, 5.41) is 0. The highest BCUT2D eigenvalue weighted by Gasteiger charge is 2.25. The molecule has 1 unspecified atom stereocenters. The Balaban J connectivity index is 2.23. The maximum atomic E-state index is 13.9. The van der Waals surface area contributed by atoms with Crippen molar-refractivity contribution in [3.63, 3.8) is 0 Å². The molecular weight excluding hydrogens is 295 g/mol. The summed E-state index contributed by atoms with van der Waals surface area (Å²) in [6.07, 6.45) is 7.27. The van der Waals surface area contributed by atoms with Gasteiger partial charge in [-0.3, -0.25) is 11.3 Å². The molecular formula is C14H20BrFN2. The Bertz CT molecular complexity index is 389. The molecule has 0 radical (unpaired) electrons. The van der Waals surface area contributed by atoms with Gasteiger partial charge >= 0.3 is 0 Å². The highest BCUT2D eigenvalue weighted by molar-refractivity contribution is 9.10. The molecule has 2 rings (SSSR count). The van der Waals surface area contributed by atoms with E-state index in [4.69, 9.17) is 5.84 Å². The van der Waals surface area contributed by atoms with E-state index in [0.29, 0.717) is 11.5 Å². The van der Waals surface area contributed by atoms with Gasteiger partial charge in [0.05, 0.1) is 6.04 Å². The van der Waals surface area contributed by atoms with Crippen molar-refractivity contribution in [3.05, 3.63) is 34.1 Å². The van der Waals surface area contributed by atoms with E-state index in [1.807, 2.05) is 6.07 Å². The quantitative estimate of drug-likeness (QED) is 0.501. The summed E-state index contributed by atoms with van der Waals surface area (Å²) in [7, 11) is 0. The Morgan fingerprint density at radius 3 is 2.50 bits per heavy atom. The minimum Gasteiger partial charge on any atom is -0.271 e. The molecule has 0 heterocycles. The second-order valence-electron chi connectivity index (χ2n) is 5.06. The molecule has 100 valence electrons. The molecule has 1 aromatic carbocycles. The molecule has 0 saturated heterocycles. The number of benzene rings is 1. The van der Waals surface area contributed by atoms with Crippen LogP contribution in [0.2, 0.25) is 0 Å². The number of hydrogen-bond donors (Lipinski definition) is 2. The molecule has 0 amide bonds. The van der Waals surface area contributed by atoms with Crippen LogP contribution >= 0.6 is 15.9 Å². The van der Waals surface area contributed by atoms with Crippen LogP contribution in [-0.4, -0.2) is 0 Å². The van der Waals surface area contributed by atoms with Gasteiger partial charge in [0.2, 0.25) is 0 Å². The molecule has 1 fully saturated rings. The van der Waals surface area contributed by atoms with E-state index < -0.39 is 0 Å². The van der Waals surface area contributed by atoms with Crippen LogP contribution in [0.3, 0.4) is 0 Å². The van der Waals surface area contributed by atoms with Crippen LogP contribution in [0.15, 0.2) is 22.7 Å². The molecule has 1 saturated carbocycles. The highest BCUT2D eigenvalue weighted by Crippen LogP contribution is 2.34. The van der Waals surface area contributed by atoms with Crippen molar-refractivity contribution < 1.29 is 4.39 Å². The fourth-order valence-electron chi connectivity index (χ4n) is 2.88. The fraction of sp³-hybridized carbons (Fsp3) is 0.571. The summed E-state index contributed by atoms with van der Waals surface area (Å²) in [5.41, 5.74) is 3.50. The topological polar surface area (TPSA) is 38.0 Å². The van der Waals surface area contributed by atoms with Gasteiger partial charge in [-0.1, -0.05) is 41.6 Å². The molecule has 0 aromatic heterocycles. The third-order valence-corrected chi connectivity index (χ3v) is 4.34. The first-order valence-electron chi connectivity index (χ1n) is 6.63. The lowest BCUT2D eigenvalue weighted by Gasteiger charge is -2.26. The Morgan fingerprint density at radius 1 is 1.22 bits per heavy atom. The Kier molecular flexibility index (Phi) is 5.15. The first kappa shape index (κ1) is 14.0. The molecule has 1 atom stereocenters. The van der Waals surface area contributed by atoms with Gasteiger partial charge in [-0.25, -0.2) is 4.39 Å². The maximum Gasteiger partial charge on any atom is 0.128 e. The van der Waals surface area contributed by atoms with Crippen molar-refractivity contribution in [2.45, 2.75) is 44.6 Å². The largest absolute Gasteiger partial charge is 0.271 e. The third-order valence-electron chi connectivity index (χ3n) is 3.84. The van der Waals surface area contributed by atoms with E-state index in [1.165, 1.54) is 31.7 Å². The van der Waals surface area contributed by atoms with E-state index in [1.54, 1.807) is 6.07 Å². The Morgan fingerprint density at radius 2 is 1.89 bits per heavy atom. The lowest BCUT2D eigenvalue weighted by Crippen LogP contribution is -2.34. The van der Waals surface area contributed by atoms with E-state index in [9.17, 15) is 4.39 Å². The first-order chi connectivity index (χ1) is 8.72. The zero-order chi connectivity index (χ0) is 13.0. The van der Waals surface area contributed by atoms with Gasteiger partial charge in [0.1, 0.15) is 5.82 Å². The fourth-order valence-corrected chi connectivity index (χ4v) is 3.26. The molecule has 0 aliphatic heterocycles. The van der Waals surface area contributed by atoms with Crippen LogP contribution in [0.25, 0.3) is 0 Å². The van der Waals surface area contributed by atoms with E-state index in [2.05, 4.69) is 21.4 Å². The van der Waals surface area contributed by atoms with Gasteiger partial charge in [0.25, 0.3) is 0 Å². The first-order valence-corrected chi connectivity index (χ1v) is 7.42. The van der Waals surface area contributed by atoms with Crippen molar-refractivity contribution in [2.75, 3.05) is 0 Å². The summed E-state index contributed by atoms with van der Waals surface area (Å²) in [6, 6.07) is 4.98. The van der Waals surface area contributed by atoms with Crippen molar-refractivity contribution in [1.29, 1.82) is 0 Å². The molecule has 1 aliphatic carbocycles. The number of rotatable bonds is 3. The molecule has 0 spiro atoms. The van der Waals surface area contributed by atoms with Crippen LogP contribution in [0.5, 0.6) is 0 Å². The lowest BCUT2D eigenvalue weighted by molar-refractivity contribution is 0.321. The number of hydrazine groups is 1. The maximum absolute atomic E-state index is 13.9. The zero-order valence-electron chi connectivity index (χ0n) is 10.5. The summed E-state index contributed by atoms with van der Waals surface area (Å²) >= 11 is 3.40. The molecule has 4 heteroatoms. The SMILES string of the molecule is NNC(c1cc(Br)ccc1F)C1CCCCCC1. The highest BCUT2D eigenvalue weighted by atomic mass is 79.9. The van der Waals surface area contributed by atoms with Gasteiger partial charge in [-0.15, -0.1) is 0 Å². The van der Waals surface area contributed by atoms with Crippen LogP contribution < -0.4 is 11.3 Å². The monoisotopic (exact) mass is 314 g/mol. The van der Waals surface area contributed by atoms with E-state index in [-0.39, 0.29) is 11.9 Å². The number of nitrogens with one attached hydrogen (secondary N) is 1. The van der Waals surface area contributed by atoms with Crippen molar-refractivity contribution in [2.24, 2.45) is 11.8 Å². The van der Waals surface area contributed by atoms with Crippen molar-refractivity contribution in [3.8, 4) is 0 Å². The molecule has 1 aliphatic rings. The van der Waals surface area contributed by atoms with Crippen molar-refractivity contribution >= 4 is 15.9 Å². The summed E-state index contributed by atoms with van der Waals surface area (Å²) in [6.45, 7) is 0. The molecule has 1 aromatic rings. The number of hydrogen-bond acceptors (Lipinski definition) is 2. The predicted molar refractivity (Wildman–Crippen MR) is 75.4 cm³/mol. The smallest absolute Gasteiger partial charge is 0.128 e. The Labute approximate surface area is 116 Å². The minimum atomic E-state index is -0.176. The summed E-state index contributed by atoms with van der Waals surface area (Å²) in [5.74, 6) is 5.93. The molecule has 2 nitrogen and oxygen atoms in total. The second-order valence-corrected chi connectivity index (χ2v) is 5.98. The van der Waals surface area contributed by atoms with E-state index in [0.717, 1.165) is 17.3 Å². The average Bonchev–Trinajstić information content (AvgIpc) is 2.64. The molecule has 3 N–H and O–H groups in total. The normalized spacial score (nSPS) is 19.5. The molecule has 18 heavy (non-hydrogen) atoms. The Hall–Kier alpha value is -0.450. The van der Waals surface area contributed by atoms with Crippen LogP contribution in [0, 0.1) is 11.7 Å². The summed E-state index contributed by atoms with van der Waals surface area (Å²) < 4.78 is 14.8. The van der Waals surface area contributed by atoms with Crippen LogP contribution in [0.4, 0.5) is 4.39 Å². The number of halogens is 2. The zero-order valence-corrected chi connectivity index (χ0v) is 12.0. The van der Waals surface area contributed by atoms with Gasteiger partial charge < -0.3 is 0 Å². The van der Waals surface area contributed by atoms with Crippen LogP contribution in [0.1, 0.15) is 50.1 Å². The third kappa shape index (κ3) is 3.31. The minimum absolute atomic E-state index is 0.0828. The second kappa shape index (κ2) is 6.64. The van der Waals surface area contributed by atoms with Gasteiger partial charge in [0.15, 0.2) is 0 Å².